The molecule has 2 heteroatoms. The first-order chi connectivity index (χ1) is 8.59. The zero-order valence-corrected chi connectivity index (χ0v) is 12.3. The first-order valence-electron chi connectivity index (χ1n) is 8.10. The summed E-state index contributed by atoms with van der Waals surface area (Å²) in [6.07, 6.45) is 11.7. The Hall–Kier alpha value is -0.0800. The lowest BCUT2D eigenvalue weighted by molar-refractivity contribution is 0.0143. The Morgan fingerprint density at radius 3 is 1.56 bits per heavy atom. The average molecular weight is 252 g/mol. The Bertz CT molecular complexity index is 242. The molecule has 4 atom stereocenters. The van der Waals surface area contributed by atoms with E-state index in [1.807, 2.05) is 0 Å². The molecule has 2 nitrogen and oxygen atoms in total. The summed E-state index contributed by atoms with van der Waals surface area (Å²) < 4.78 is 0. The van der Waals surface area contributed by atoms with Crippen LogP contribution >= 0.6 is 0 Å². The molecule has 0 bridgehead atoms. The third kappa shape index (κ3) is 2.60. The van der Waals surface area contributed by atoms with Gasteiger partial charge in [-0.15, -0.1) is 0 Å². The molecule has 0 spiro atoms. The van der Waals surface area contributed by atoms with E-state index in [-0.39, 0.29) is 0 Å². The molecule has 0 radical (unpaired) electrons. The van der Waals surface area contributed by atoms with Gasteiger partial charge in [0.05, 0.1) is 0 Å². The molecule has 106 valence electrons. The van der Waals surface area contributed by atoms with Crippen LogP contribution in [-0.2, 0) is 0 Å². The van der Waals surface area contributed by atoms with Crippen LogP contribution in [0.1, 0.15) is 71.6 Å². The molecule has 4 N–H and O–H groups in total. The fourth-order valence-electron chi connectivity index (χ4n) is 4.76. The van der Waals surface area contributed by atoms with Gasteiger partial charge in [-0.2, -0.15) is 0 Å². The van der Waals surface area contributed by atoms with Crippen molar-refractivity contribution in [3.8, 4) is 0 Å². The molecule has 18 heavy (non-hydrogen) atoms. The summed E-state index contributed by atoms with van der Waals surface area (Å²) in [4.78, 5) is 0. The fraction of sp³-hybridized carbons (Fsp3) is 1.00. The van der Waals surface area contributed by atoms with Gasteiger partial charge in [0.2, 0.25) is 0 Å². The van der Waals surface area contributed by atoms with E-state index < -0.39 is 0 Å². The van der Waals surface area contributed by atoms with E-state index in [1.165, 1.54) is 57.8 Å². The van der Waals surface area contributed by atoms with E-state index in [0.29, 0.717) is 29.3 Å². The van der Waals surface area contributed by atoms with Gasteiger partial charge in [-0.25, -0.2) is 0 Å². The van der Waals surface area contributed by atoms with Crippen molar-refractivity contribution in [3.63, 3.8) is 0 Å². The van der Waals surface area contributed by atoms with Crippen LogP contribution in [0.2, 0.25) is 0 Å². The summed E-state index contributed by atoms with van der Waals surface area (Å²) in [5.41, 5.74) is 13.3. The van der Waals surface area contributed by atoms with Gasteiger partial charge in [0.1, 0.15) is 0 Å². The minimum Gasteiger partial charge on any atom is -0.327 e. The van der Waals surface area contributed by atoms with Crippen molar-refractivity contribution in [2.45, 2.75) is 83.7 Å². The molecule has 0 aromatic rings. The van der Waals surface area contributed by atoms with Crippen molar-refractivity contribution in [1.29, 1.82) is 0 Å². The lowest BCUT2D eigenvalue weighted by Crippen LogP contribution is -2.52. The number of rotatable bonds is 3. The van der Waals surface area contributed by atoms with E-state index in [2.05, 4.69) is 13.8 Å². The van der Waals surface area contributed by atoms with Crippen molar-refractivity contribution in [1.82, 2.24) is 0 Å². The minimum absolute atomic E-state index is 0.375. The highest BCUT2D eigenvalue weighted by Crippen LogP contribution is 2.49. The number of hydrogen-bond donors (Lipinski definition) is 2. The van der Waals surface area contributed by atoms with Crippen LogP contribution in [-0.4, -0.2) is 12.1 Å². The summed E-state index contributed by atoms with van der Waals surface area (Å²) in [6.45, 7) is 4.83. The average Bonchev–Trinajstić information content (AvgIpc) is 2.39. The maximum atomic E-state index is 6.45. The molecule has 2 saturated carbocycles. The van der Waals surface area contributed by atoms with Gasteiger partial charge in [0.15, 0.2) is 0 Å². The van der Waals surface area contributed by atoms with Gasteiger partial charge in [0.25, 0.3) is 0 Å². The Kier molecular flexibility index (Phi) is 4.71. The summed E-state index contributed by atoms with van der Waals surface area (Å²) in [6, 6.07) is 0.829. The predicted molar refractivity (Wildman–Crippen MR) is 78.3 cm³/mol. The van der Waals surface area contributed by atoms with Crippen LogP contribution in [0.25, 0.3) is 0 Å². The molecular formula is C16H32N2. The first kappa shape index (κ1) is 14.3. The van der Waals surface area contributed by atoms with Crippen molar-refractivity contribution in [3.05, 3.63) is 0 Å². The standard InChI is InChI=1S/C16H32N2/c1-3-16(2,12-8-4-6-10-14(12)17)13-9-5-7-11-15(13)18/h12-15H,3-11,17-18H2,1-2H3. The lowest BCUT2D eigenvalue weighted by atomic mass is 9.56. The Morgan fingerprint density at radius 2 is 1.22 bits per heavy atom. The van der Waals surface area contributed by atoms with Crippen molar-refractivity contribution in [2.75, 3.05) is 0 Å². The molecule has 0 aromatic heterocycles. The van der Waals surface area contributed by atoms with E-state index in [0.717, 1.165) is 0 Å². The largest absolute Gasteiger partial charge is 0.327 e. The van der Waals surface area contributed by atoms with Crippen LogP contribution in [0.15, 0.2) is 0 Å². The van der Waals surface area contributed by atoms with Crippen LogP contribution in [0.5, 0.6) is 0 Å². The maximum absolute atomic E-state index is 6.45. The van der Waals surface area contributed by atoms with Crippen molar-refractivity contribution in [2.24, 2.45) is 28.7 Å². The second kappa shape index (κ2) is 5.92. The zero-order valence-electron chi connectivity index (χ0n) is 12.3. The van der Waals surface area contributed by atoms with E-state index in [1.54, 1.807) is 0 Å². The fourth-order valence-corrected chi connectivity index (χ4v) is 4.76. The Labute approximate surface area is 113 Å². The molecule has 0 aliphatic heterocycles. The second-order valence-electron chi connectivity index (χ2n) is 6.97. The monoisotopic (exact) mass is 252 g/mol. The van der Waals surface area contributed by atoms with Gasteiger partial charge in [0, 0.05) is 12.1 Å². The molecule has 2 aliphatic rings. The third-order valence-electron chi connectivity index (χ3n) is 6.09. The first-order valence-corrected chi connectivity index (χ1v) is 8.10. The topological polar surface area (TPSA) is 52.0 Å². The zero-order chi connectivity index (χ0) is 13.2. The highest BCUT2D eigenvalue weighted by Gasteiger charge is 2.45. The smallest absolute Gasteiger partial charge is 0.00724 e. The third-order valence-corrected chi connectivity index (χ3v) is 6.09. The molecular weight excluding hydrogens is 220 g/mol. The molecule has 0 heterocycles. The highest BCUT2D eigenvalue weighted by atomic mass is 14.7. The van der Waals surface area contributed by atoms with E-state index >= 15 is 0 Å². The normalized spacial score (nSPS) is 41.3. The predicted octanol–water partition coefficient (Wildman–Crippen LogP) is 3.44. The van der Waals surface area contributed by atoms with Crippen LogP contribution < -0.4 is 11.5 Å². The van der Waals surface area contributed by atoms with Gasteiger partial charge in [-0.3, -0.25) is 0 Å². The van der Waals surface area contributed by atoms with Crippen LogP contribution in [0, 0.1) is 17.3 Å². The second-order valence-corrected chi connectivity index (χ2v) is 6.97. The molecule has 0 saturated heterocycles. The Balaban J connectivity index is 2.16. The highest BCUT2D eigenvalue weighted by molar-refractivity contribution is 4.98. The molecule has 2 fully saturated rings. The lowest BCUT2D eigenvalue weighted by Gasteiger charge is -2.51. The molecule has 4 unspecified atom stereocenters. The Morgan fingerprint density at radius 1 is 0.833 bits per heavy atom. The SMILES string of the molecule is CCC(C)(C1CCCCC1N)C1CCCCC1N. The summed E-state index contributed by atoms with van der Waals surface area (Å²) >= 11 is 0. The minimum atomic E-state index is 0.375. The van der Waals surface area contributed by atoms with Gasteiger partial charge in [-0.1, -0.05) is 46.0 Å². The van der Waals surface area contributed by atoms with Gasteiger partial charge < -0.3 is 11.5 Å². The van der Waals surface area contributed by atoms with E-state index in [9.17, 15) is 0 Å². The van der Waals surface area contributed by atoms with Gasteiger partial charge >= 0.3 is 0 Å². The molecule has 2 aliphatic carbocycles. The molecule has 0 aromatic carbocycles. The number of nitrogens with two attached hydrogens (primary N) is 2. The summed E-state index contributed by atoms with van der Waals surface area (Å²) in [5.74, 6) is 1.40. The quantitative estimate of drug-likeness (QED) is 0.808. The van der Waals surface area contributed by atoms with Crippen LogP contribution in [0.4, 0.5) is 0 Å². The molecule has 0 amide bonds. The van der Waals surface area contributed by atoms with Crippen molar-refractivity contribution < 1.29 is 0 Å². The maximum Gasteiger partial charge on any atom is 0.00724 e. The van der Waals surface area contributed by atoms with E-state index in [4.69, 9.17) is 11.5 Å². The summed E-state index contributed by atoms with van der Waals surface area (Å²) in [5, 5.41) is 0. The van der Waals surface area contributed by atoms with Gasteiger partial charge in [-0.05, 0) is 42.9 Å². The number of hydrogen-bond acceptors (Lipinski definition) is 2. The summed E-state index contributed by atoms with van der Waals surface area (Å²) in [7, 11) is 0. The van der Waals surface area contributed by atoms with Crippen molar-refractivity contribution >= 4 is 0 Å². The van der Waals surface area contributed by atoms with Crippen LogP contribution in [0.3, 0.4) is 0 Å². The molecule has 2 rings (SSSR count).